The summed E-state index contributed by atoms with van der Waals surface area (Å²) >= 11 is 0. The zero-order valence-corrected chi connectivity index (χ0v) is 10.7. The lowest BCUT2D eigenvalue weighted by molar-refractivity contribution is -0.646. The molecule has 4 nitrogen and oxygen atoms in total. The molecule has 0 atom stereocenters. The third-order valence-electron chi connectivity index (χ3n) is 2.71. The molecule has 0 aliphatic carbocycles. The van der Waals surface area contributed by atoms with Gasteiger partial charge < -0.3 is 5.21 Å². The molecular weight excluding hydrogens is 250 g/mol. The standard InChI is InChI=1S/C13H13NO3S/c1-11-6-2-3-7-12(11)10-18(16,17)13-8-4-5-9-14(13)15/h2-9H,10H2,1H3. The maximum absolute atomic E-state index is 12.2. The molecule has 0 aliphatic rings. The molecule has 0 radical (unpaired) electrons. The van der Waals surface area contributed by atoms with Gasteiger partial charge in [-0.3, -0.25) is 0 Å². The lowest BCUT2D eigenvalue weighted by atomic mass is 10.1. The molecule has 0 spiro atoms. The van der Waals surface area contributed by atoms with Crippen LogP contribution in [0.1, 0.15) is 11.1 Å². The summed E-state index contributed by atoms with van der Waals surface area (Å²) in [5.74, 6) is -0.161. The molecule has 0 N–H and O–H groups in total. The van der Waals surface area contributed by atoms with E-state index >= 15 is 0 Å². The number of pyridine rings is 1. The monoisotopic (exact) mass is 263 g/mol. The third kappa shape index (κ3) is 2.51. The molecule has 1 heterocycles. The van der Waals surface area contributed by atoms with Gasteiger partial charge in [0.15, 0.2) is 6.20 Å². The Bertz CT molecular complexity index is 665. The maximum Gasteiger partial charge on any atom is 0.308 e. The van der Waals surface area contributed by atoms with Crippen LogP contribution in [-0.4, -0.2) is 8.42 Å². The molecule has 0 fully saturated rings. The Morgan fingerprint density at radius 2 is 1.78 bits per heavy atom. The van der Waals surface area contributed by atoms with E-state index in [9.17, 15) is 13.6 Å². The first-order valence-corrected chi connectivity index (χ1v) is 7.11. The summed E-state index contributed by atoms with van der Waals surface area (Å²) in [6, 6.07) is 11.6. The van der Waals surface area contributed by atoms with Crippen LogP contribution in [0.5, 0.6) is 0 Å². The fourth-order valence-electron chi connectivity index (χ4n) is 1.70. The van der Waals surface area contributed by atoms with E-state index in [2.05, 4.69) is 0 Å². The first kappa shape index (κ1) is 12.6. The van der Waals surface area contributed by atoms with Crippen molar-refractivity contribution in [3.8, 4) is 0 Å². The van der Waals surface area contributed by atoms with Gasteiger partial charge in [0.2, 0.25) is 9.84 Å². The number of hydrogen-bond acceptors (Lipinski definition) is 3. The predicted molar refractivity (Wildman–Crippen MR) is 67.5 cm³/mol. The van der Waals surface area contributed by atoms with Gasteiger partial charge in [0.05, 0.1) is 5.75 Å². The molecule has 1 aromatic carbocycles. The normalized spacial score (nSPS) is 11.4. The molecule has 2 aromatic rings. The van der Waals surface area contributed by atoms with Gasteiger partial charge in [-0.2, -0.15) is 4.73 Å². The number of rotatable bonds is 3. The highest BCUT2D eigenvalue weighted by atomic mass is 32.2. The number of hydrogen-bond donors (Lipinski definition) is 0. The average molecular weight is 263 g/mol. The molecule has 2 rings (SSSR count). The molecule has 94 valence electrons. The quantitative estimate of drug-likeness (QED) is 0.624. The van der Waals surface area contributed by atoms with E-state index in [0.29, 0.717) is 10.3 Å². The van der Waals surface area contributed by atoms with E-state index in [1.165, 1.54) is 18.3 Å². The van der Waals surface area contributed by atoms with E-state index in [0.717, 1.165) is 5.56 Å². The van der Waals surface area contributed by atoms with Crippen LogP contribution < -0.4 is 4.73 Å². The highest BCUT2D eigenvalue weighted by Crippen LogP contribution is 2.15. The van der Waals surface area contributed by atoms with Gasteiger partial charge in [0.25, 0.3) is 0 Å². The Morgan fingerprint density at radius 3 is 2.44 bits per heavy atom. The van der Waals surface area contributed by atoms with Crippen molar-refractivity contribution in [1.29, 1.82) is 0 Å². The van der Waals surface area contributed by atoms with Gasteiger partial charge in [-0.25, -0.2) is 8.42 Å². The zero-order chi connectivity index (χ0) is 13.2. The minimum Gasteiger partial charge on any atom is -0.618 e. The van der Waals surface area contributed by atoms with Crippen LogP contribution >= 0.6 is 0 Å². The largest absolute Gasteiger partial charge is 0.618 e. The summed E-state index contributed by atoms with van der Waals surface area (Å²) in [6.07, 6.45) is 1.19. The second-order valence-corrected chi connectivity index (χ2v) is 5.99. The van der Waals surface area contributed by atoms with Gasteiger partial charge >= 0.3 is 5.03 Å². The molecule has 0 unspecified atom stereocenters. The predicted octanol–water partition coefficient (Wildman–Crippen LogP) is 1.60. The van der Waals surface area contributed by atoms with Crippen LogP contribution in [0.4, 0.5) is 0 Å². The molecule has 0 saturated carbocycles. The Balaban J connectivity index is 2.40. The maximum atomic E-state index is 12.2. The molecule has 0 bridgehead atoms. The summed E-state index contributed by atoms with van der Waals surface area (Å²) in [5, 5.41) is 11.3. The lowest BCUT2D eigenvalue weighted by Crippen LogP contribution is -2.33. The van der Waals surface area contributed by atoms with Crippen molar-refractivity contribution in [3.05, 3.63) is 65.0 Å². The van der Waals surface area contributed by atoms with Gasteiger partial charge in [0.1, 0.15) is 0 Å². The number of sulfone groups is 1. The highest BCUT2D eigenvalue weighted by molar-refractivity contribution is 7.90. The summed E-state index contributed by atoms with van der Waals surface area (Å²) in [5.41, 5.74) is 1.61. The number of nitrogens with zero attached hydrogens (tertiary/aromatic N) is 1. The van der Waals surface area contributed by atoms with Crippen molar-refractivity contribution in [2.24, 2.45) is 0 Å². The highest BCUT2D eigenvalue weighted by Gasteiger charge is 2.24. The number of benzene rings is 1. The van der Waals surface area contributed by atoms with Gasteiger partial charge in [0, 0.05) is 12.1 Å². The molecule has 0 amide bonds. The first-order valence-electron chi connectivity index (χ1n) is 5.46. The molecular formula is C13H13NO3S. The van der Waals surface area contributed by atoms with E-state index in [4.69, 9.17) is 0 Å². The summed E-state index contributed by atoms with van der Waals surface area (Å²) in [4.78, 5) is 0. The average Bonchev–Trinajstić information content (AvgIpc) is 2.32. The molecule has 1 aromatic heterocycles. The topological polar surface area (TPSA) is 61.1 Å². The van der Waals surface area contributed by atoms with E-state index in [-0.39, 0.29) is 10.8 Å². The van der Waals surface area contributed by atoms with Crippen molar-refractivity contribution in [2.75, 3.05) is 0 Å². The second-order valence-electron chi connectivity index (χ2n) is 4.05. The zero-order valence-electron chi connectivity index (χ0n) is 9.91. The van der Waals surface area contributed by atoms with Crippen molar-refractivity contribution in [2.45, 2.75) is 17.7 Å². The van der Waals surface area contributed by atoms with E-state index < -0.39 is 9.84 Å². The molecule has 18 heavy (non-hydrogen) atoms. The van der Waals surface area contributed by atoms with Crippen LogP contribution in [0, 0.1) is 12.1 Å². The van der Waals surface area contributed by atoms with Crippen LogP contribution in [0.25, 0.3) is 0 Å². The lowest BCUT2D eigenvalue weighted by Gasteiger charge is -2.07. The summed E-state index contributed by atoms with van der Waals surface area (Å²) in [6.45, 7) is 1.85. The minimum atomic E-state index is -3.62. The van der Waals surface area contributed by atoms with Gasteiger partial charge in [-0.1, -0.05) is 24.3 Å². The minimum absolute atomic E-state index is 0.161. The Labute approximate surface area is 106 Å². The smallest absolute Gasteiger partial charge is 0.308 e. The van der Waals surface area contributed by atoms with E-state index in [1.807, 2.05) is 19.1 Å². The summed E-state index contributed by atoms with van der Waals surface area (Å²) < 4.78 is 24.7. The van der Waals surface area contributed by atoms with Gasteiger partial charge in [-0.15, -0.1) is 0 Å². The van der Waals surface area contributed by atoms with Crippen LogP contribution in [-0.2, 0) is 15.6 Å². The Kier molecular flexibility index (Phi) is 3.34. The third-order valence-corrected chi connectivity index (χ3v) is 4.36. The SMILES string of the molecule is Cc1ccccc1CS(=O)(=O)c1cccc[n+]1[O-]. The van der Waals surface area contributed by atoms with Gasteiger partial charge in [-0.05, 0) is 24.1 Å². The molecule has 0 aliphatic heterocycles. The second kappa shape index (κ2) is 4.78. The first-order chi connectivity index (χ1) is 8.50. The Morgan fingerprint density at radius 1 is 1.11 bits per heavy atom. The van der Waals surface area contributed by atoms with Crippen molar-refractivity contribution >= 4 is 9.84 Å². The van der Waals surface area contributed by atoms with E-state index in [1.54, 1.807) is 18.2 Å². The molecule has 5 heteroatoms. The van der Waals surface area contributed by atoms with Crippen molar-refractivity contribution < 1.29 is 13.1 Å². The Hall–Kier alpha value is -1.88. The number of aryl methyl sites for hydroxylation is 1. The van der Waals surface area contributed by atoms with Crippen LogP contribution in [0.3, 0.4) is 0 Å². The number of aromatic nitrogens is 1. The van der Waals surface area contributed by atoms with Crippen LogP contribution in [0.2, 0.25) is 0 Å². The van der Waals surface area contributed by atoms with Crippen molar-refractivity contribution in [3.63, 3.8) is 0 Å². The van der Waals surface area contributed by atoms with Crippen molar-refractivity contribution in [1.82, 2.24) is 0 Å². The fraction of sp³-hybridized carbons (Fsp3) is 0.154. The molecule has 0 saturated heterocycles. The summed E-state index contributed by atoms with van der Waals surface area (Å²) in [7, 11) is -3.62. The fourth-order valence-corrected chi connectivity index (χ4v) is 3.21. The van der Waals surface area contributed by atoms with Crippen LogP contribution in [0.15, 0.2) is 53.7 Å².